The highest BCUT2D eigenvalue weighted by Gasteiger charge is 2.12. The van der Waals surface area contributed by atoms with E-state index in [1.165, 1.54) is 23.5 Å². The third kappa shape index (κ3) is 3.54. The zero-order valence-corrected chi connectivity index (χ0v) is 15.2. The molecule has 0 amide bonds. The van der Waals surface area contributed by atoms with Gasteiger partial charge in [-0.1, -0.05) is 48.0 Å². The van der Waals surface area contributed by atoms with Crippen LogP contribution in [0, 0.1) is 11.6 Å². The molecular weight excluding hydrogens is 390 g/mol. The molecule has 0 atom stereocenters. The lowest BCUT2D eigenvalue weighted by Gasteiger charge is -2.00. The van der Waals surface area contributed by atoms with Crippen molar-refractivity contribution in [2.75, 3.05) is 0 Å². The summed E-state index contributed by atoms with van der Waals surface area (Å²) in [6.07, 6.45) is 1.42. The van der Waals surface area contributed by atoms with Gasteiger partial charge in [0.25, 0.3) is 5.56 Å². The number of aromatic nitrogens is 2. The van der Waals surface area contributed by atoms with Crippen molar-refractivity contribution in [1.82, 2.24) is 9.97 Å². The SMILES string of the molecule is O=c1[nH]c(C(Cl)=Cc2ccc(F)c(F)c2)nc2sc(-c3ccccc3)cc12. The summed E-state index contributed by atoms with van der Waals surface area (Å²) in [5.41, 5.74) is 1.04. The van der Waals surface area contributed by atoms with Crippen molar-refractivity contribution < 1.29 is 8.78 Å². The van der Waals surface area contributed by atoms with E-state index in [1.807, 2.05) is 30.3 Å². The van der Waals surface area contributed by atoms with Gasteiger partial charge >= 0.3 is 0 Å². The number of hydrogen-bond acceptors (Lipinski definition) is 3. The highest BCUT2D eigenvalue weighted by molar-refractivity contribution is 7.21. The second-order valence-corrected chi connectivity index (χ2v) is 7.21. The van der Waals surface area contributed by atoms with Gasteiger partial charge in [0.05, 0.1) is 10.4 Å². The third-order valence-electron chi connectivity index (χ3n) is 3.92. The molecule has 2 aromatic heterocycles. The summed E-state index contributed by atoms with van der Waals surface area (Å²) >= 11 is 7.63. The fourth-order valence-electron chi connectivity index (χ4n) is 2.61. The molecule has 4 rings (SSSR count). The highest BCUT2D eigenvalue weighted by Crippen LogP contribution is 2.31. The number of nitrogens with zero attached hydrogens (tertiary/aromatic N) is 1. The van der Waals surface area contributed by atoms with E-state index in [0.29, 0.717) is 15.8 Å². The molecule has 0 radical (unpaired) electrons. The van der Waals surface area contributed by atoms with Crippen molar-refractivity contribution in [3.05, 3.63) is 88.0 Å². The van der Waals surface area contributed by atoms with Crippen LogP contribution in [0.5, 0.6) is 0 Å². The number of nitrogens with one attached hydrogen (secondary N) is 1. The van der Waals surface area contributed by atoms with E-state index in [4.69, 9.17) is 11.6 Å². The molecule has 0 aliphatic heterocycles. The molecule has 0 spiro atoms. The Morgan fingerprint density at radius 2 is 1.85 bits per heavy atom. The van der Waals surface area contributed by atoms with Crippen LogP contribution in [0.4, 0.5) is 8.78 Å². The number of rotatable bonds is 3. The van der Waals surface area contributed by atoms with E-state index >= 15 is 0 Å². The van der Waals surface area contributed by atoms with Crippen LogP contribution >= 0.6 is 22.9 Å². The topological polar surface area (TPSA) is 45.8 Å². The molecular formula is C20H11ClF2N2OS. The van der Waals surface area contributed by atoms with Crippen LogP contribution in [0.1, 0.15) is 11.4 Å². The zero-order valence-electron chi connectivity index (χ0n) is 13.7. The van der Waals surface area contributed by atoms with Gasteiger partial charge in [-0.05, 0) is 35.4 Å². The summed E-state index contributed by atoms with van der Waals surface area (Å²) in [4.78, 5) is 20.9. The monoisotopic (exact) mass is 400 g/mol. The molecule has 7 heteroatoms. The first-order chi connectivity index (χ1) is 13.0. The molecule has 0 saturated carbocycles. The number of fused-ring (bicyclic) bond motifs is 1. The maximum atomic E-state index is 13.3. The van der Waals surface area contributed by atoms with Gasteiger partial charge in [-0.15, -0.1) is 11.3 Å². The number of halogens is 3. The van der Waals surface area contributed by atoms with Crippen LogP contribution < -0.4 is 5.56 Å². The predicted octanol–water partition coefficient (Wildman–Crippen LogP) is 5.67. The van der Waals surface area contributed by atoms with E-state index in [9.17, 15) is 13.6 Å². The van der Waals surface area contributed by atoms with Gasteiger partial charge in [0.1, 0.15) is 4.83 Å². The Bertz CT molecular complexity index is 1230. The Morgan fingerprint density at radius 1 is 1.07 bits per heavy atom. The van der Waals surface area contributed by atoms with Crippen LogP contribution in [0.25, 0.3) is 31.8 Å². The van der Waals surface area contributed by atoms with Gasteiger partial charge < -0.3 is 4.98 Å². The number of thiophene rings is 1. The van der Waals surface area contributed by atoms with Gasteiger partial charge in [0, 0.05) is 4.88 Å². The predicted molar refractivity (Wildman–Crippen MR) is 106 cm³/mol. The molecule has 1 N–H and O–H groups in total. The number of aromatic amines is 1. The molecule has 3 nitrogen and oxygen atoms in total. The fourth-order valence-corrected chi connectivity index (χ4v) is 3.86. The van der Waals surface area contributed by atoms with Crippen molar-refractivity contribution in [1.29, 1.82) is 0 Å². The average molecular weight is 401 g/mol. The maximum Gasteiger partial charge on any atom is 0.259 e. The van der Waals surface area contributed by atoms with Crippen molar-refractivity contribution in [2.24, 2.45) is 0 Å². The Morgan fingerprint density at radius 3 is 2.59 bits per heavy atom. The molecule has 0 fully saturated rings. The summed E-state index contributed by atoms with van der Waals surface area (Å²) in [6, 6.07) is 14.9. The van der Waals surface area contributed by atoms with Gasteiger partial charge in [-0.2, -0.15) is 0 Å². The van der Waals surface area contributed by atoms with E-state index in [2.05, 4.69) is 9.97 Å². The molecule has 2 heterocycles. The molecule has 4 aromatic rings. The standard InChI is InChI=1S/C20H11ClF2N2OS/c21-14(8-11-6-7-15(22)16(23)9-11)18-24-19(26)13-10-17(27-20(13)25-18)12-4-2-1-3-5-12/h1-10H,(H,24,25,26). The Balaban J connectivity index is 1.77. The second-order valence-electron chi connectivity index (χ2n) is 5.78. The first-order valence-electron chi connectivity index (χ1n) is 7.93. The summed E-state index contributed by atoms with van der Waals surface area (Å²) in [5.74, 6) is -1.75. The highest BCUT2D eigenvalue weighted by atomic mass is 35.5. The lowest BCUT2D eigenvalue weighted by molar-refractivity contribution is 0.508. The van der Waals surface area contributed by atoms with Crippen LogP contribution in [0.2, 0.25) is 0 Å². The number of H-pyrrole nitrogens is 1. The van der Waals surface area contributed by atoms with E-state index in [1.54, 1.807) is 6.07 Å². The quantitative estimate of drug-likeness (QED) is 0.481. The van der Waals surface area contributed by atoms with Crippen molar-refractivity contribution in [3.8, 4) is 10.4 Å². The zero-order chi connectivity index (χ0) is 19.0. The minimum Gasteiger partial charge on any atom is -0.305 e. The van der Waals surface area contributed by atoms with Crippen LogP contribution in [0.15, 0.2) is 59.4 Å². The van der Waals surface area contributed by atoms with E-state index < -0.39 is 11.6 Å². The van der Waals surface area contributed by atoms with E-state index in [0.717, 1.165) is 22.6 Å². The average Bonchev–Trinajstić information content (AvgIpc) is 3.10. The first-order valence-corrected chi connectivity index (χ1v) is 9.12. The minimum absolute atomic E-state index is 0.120. The summed E-state index contributed by atoms with van der Waals surface area (Å²) in [6.45, 7) is 0. The first kappa shape index (κ1) is 17.6. The molecule has 134 valence electrons. The molecule has 0 aliphatic rings. The molecule has 0 aliphatic carbocycles. The fraction of sp³-hybridized carbons (Fsp3) is 0. The second kappa shape index (κ2) is 7.06. The Kier molecular flexibility index (Phi) is 4.59. The van der Waals surface area contributed by atoms with Gasteiger partial charge in [0.2, 0.25) is 0 Å². The van der Waals surface area contributed by atoms with Crippen LogP contribution in [0.3, 0.4) is 0 Å². The van der Waals surface area contributed by atoms with Crippen molar-refractivity contribution in [2.45, 2.75) is 0 Å². The number of benzene rings is 2. The van der Waals surface area contributed by atoms with Gasteiger partial charge in [-0.25, -0.2) is 13.8 Å². The number of hydrogen-bond donors (Lipinski definition) is 1. The maximum absolute atomic E-state index is 13.3. The Labute approximate surface area is 161 Å². The van der Waals surface area contributed by atoms with Crippen LogP contribution in [-0.2, 0) is 0 Å². The summed E-state index contributed by atoms with van der Waals surface area (Å²) < 4.78 is 26.4. The van der Waals surface area contributed by atoms with Gasteiger partial charge in [0.15, 0.2) is 17.5 Å². The molecule has 27 heavy (non-hydrogen) atoms. The minimum atomic E-state index is -0.976. The molecule has 2 aromatic carbocycles. The van der Waals surface area contributed by atoms with Gasteiger partial charge in [-0.3, -0.25) is 4.79 Å². The normalized spacial score (nSPS) is 11.9. The lowest BCUT2D eigenvalue weighted by atomic mass is 10.2. The van der Waals surface area contributed by atoms with E-state index in [-0.39, 0.29) is 16.4 Å². The van der Waals surface area contributed by atoms with Crippen molar-refractivity contribution >= 4 is 44.3 Å². The summed E-state index contributed by atoms with van der Waals surface area (Å²) in [5, 5.41) is 0.592. The molecule has 0 bridgehead atoms. The lowest BCUT2D eigenvalue weighted by Crippen LogP contribution is -2.09. The van der Waals surface area contributed by atoms with Crippen molar-refractivity contribution in [3.63, 3.8) is 0 Å². The molecule has 0 unspecified atom stereocenters. The Hall–Kier alpha value is -2.83. The smallest absolute Gasteiger partial charge is 0.259 e. The third-order valence-corrected chi connectivity index (χ3v) is 5.29. The molecule has 0 saturated heterocycles. The largest absolute Gasteiger partial charge is 0.305 e. The van der Waals surface area contributed by atoms with Crippen LogP contribution in [-0.4, -0.2) is 9.97 Å². The summed E-state index contributed by atoms with van der Waals surface area (Å²) in [7, 11) is 0.